The van der Waals surface area contributed by atoms with Crippen LogP contribution in [0.4, 0.5) is 0 Å². The molecule has 0 amide bonds. The van der Waals surface area contributed by atoms with Gasteiger partial charge in [0, 0.05) is 71.8 Å². The molecule has 2 unspecified atom stereocenters. The minimum atomic E-state index is -2.64. The molecule has 27 nitrogen and oxygen atoms in total. The average Bonchev–Trinajstić information content (AvgIpc) is 3.64. The Morgan fingerprint density at radius 1 is 0.465 bits per heavy atom. The van der Waals surface area contributed by atoms with Gasteiger partial charge in [-0.25, -0.2) is 57.5 Å². The van der Waals surface area contributed by atoms with Gasteiger partial charge in [0.15, 0.2) is 12.7 Å². The van der Waals surface area contributed by atoms with Gasteiger partial charge in [0.25, 0.3) is 5.79 Å². The molecule has 0 spiro atoms. The second-order valence-corrected chi connectivity index (χ2v) is 19.4. The van der Waals surface area contributed by atoms with Crippen LogP contribution in [0.2, 0.25) is 0 Å². The summed E-state index contributed by atoms with van der Waals surface area (Å²) < 4.78 is 50.5. The summed E-state index contributed by atoms with van der Waals surface area (Å²) in [6.45, 7) is 44.1. The van der Waals surface area contributed by atoms with Gasteiger partial charge in [0.2, 0.25) is 0 Å². The summed E-state index contributed by atoms with van der Waals surface area (Å²) in [6.07, 6.45) is 1.62. The number of nitrogens with one attached hydrogen (secondary N) is 2. The maximum Gasteiger partial charge on any atom is 0.334 e. The fraction of sp³-hybridized carbons (Fsp3) is 0.441. The maximum absolute atomic E-state index is 13.3. The van der Waals surface area contributed by atoms with E-state index in [-0.39, 0.29) is 66.6 Å². The molecule has 0 radical (unpaired) electrons. The Bertz CT molecular complexity index is 2500. The van der Waals surface area contributed by atoms with Gasteiger partial charge >= 0.3 is 77.4 Å². The first kappa shape index (κ1) is 78.7. The van der Waals surface area contributed by atoms with Gasteiger partial charge < -0.3 is 57.0 Å². The average molecular weight is 1220 g/mol. The van der Waals surface area contributed by atoms with Gasteiger partial charge in [-0.3, -0.25) is 4.79 Å². The summed E-state index contributed by atoms with van der Waals surface area (Å²) >= 11 is 0. The minimum Gasteiger partial charge on any atom is -0.461 e. The largest absolute Gasteiger partial charge is 0.461 e. The molecule has 0 fully saturated rings. The molecule has 86 heavy (non-hydrogen) atoms. The van der Waals surface area contributed by atoms with Crippen molar-refractivity contribution >= 4 is 77.4 Å². The summed E-state index contributed by atoms with van der Waals surface area (Å²) in [5.41, 5.74) is 5.47. The molecule has 0 saturated carbocycles. The van der Waals surface area contributed by atoms with E-state index in [9.17, 15) is 62.3 Å². The molecule has 0 aliphatic heterocycles. The van der Waals surface area contributed by atoms with Gasteiger partial charge in [-0.15, -0.1) is 0 Å². The number of carbonyl (C=O) groups excluding carboxylic acids is 13. The van der Waals surface area contributed by atoms with Crippen molar-refractivity contribution in [2.24, 2.45) is 23.2 Å². The molecule has 0 rings (SSSR count). The monoisotopic (exact) mass is 1210 g/mol. The lowest BCUT2D eigenvalue weighted by Gasteiger charge is -2.36. The van der Waals surface area contributed by atoms with Crippen LogP contribution in [-0.4, -0.2) is 141 Å². The van der Waals surface area contributed by atoms with Crippen molar-refractivity contribution in [1.82, 2.24) is 11.0 Å². The maximum atomic E-state index is 13.3. The Morgan fingerprint density at radius 3 is 1.16 bits per heavy atom. The van der Waals surface area contributed by atoms with Gasteiger partial charge in [-0.1, -0.05) is 86.6 Å². The molecule has 0 saturated heterocycles. The van der Waals surface area contributed by atoms with Crippen LogP contribution in [0.15, 0.2) is 125 Å². The molecule has 0 aromatic carbocycles. The van der Waals surface area contributed by atoms with Gasteiger partial charge in [-0.2, -0.15) is 11.0 Å². The number of ether oxygens (including phenoxy) is 10. The SMILES string of the molecule is C=C(C)C(=O)OCC(COC(=O)C(=C)C)C(=O)ONCCC(C)CC(C)(C)CNOC(=O)C(COC(=O)C(=C)C)COC(=O)C(=C)C.C=CC(=O)OCC(CC(=O)CC(OC(=O)C=C)(OC(=O)C=C)C(C)OC(=O)C=C)(OC(=O)C=C)OC(=O)C=C. The van der Waals surface area contributed by atoms with Crippen molar-refractivity contribution in [2.45, 2.75) is 98.8 Å². The van der Waals surface area contributed by atoms with Crippen LogP contribution in [0.25, 0.3) is 0 Å². The fourth-order valence-electron chi connectivity index (χ4n) is 6.25. The fourth-order valence-corrected chi connectivity index (χ4v) is 6.25. The van der Waals surface area contributed by atoms with Gasteiger partial charge in [-0.05, 0) is 58.8 Å². The number of rotatable bonds is 41. The molecule has 2 N–H and O–H groups in total. The molecule has 0 heterocycles. The molecular weight excluding hydrogens is 1140 g/mol. The van der Waals surface area contributed by atoms with Crippen LogP contribution < -0.4 is 11.0 Å². The van der Waals surface area contributed by atoms with E-state index in [1.807, 2.05) is 20.8 Å². The van der Waals surface area contributed by atoms with E-state index in [1.54, 1.807) is 0 Å². The number of hydroxylamine groups is 2. The Labute approximate surface area is 498 Å². The zero-order valence-corrected chi connectivity index (χ0v) is 49.8. The van der Waals surface area contributed by atoms with E-state index >= 15 is 0 Å². The van der Waals surface area contributed by atoms with Crippen LogP contribution in [0.3, 0.4) is 0 Å². The Kier molecular flexibility index (Phi) is 36.6. The van der Waals surface area contributed by atoms with Crippen LogP contribution in [0.1, 0.15) is 81.1 Å². The van der Waals surface area contributed by atoms with Gasteiger partial charge in [0.05, 0.1) is 12.8 Å². The third-order valence-corrected chi connectivity index (χ3v) is 10.6. The molecule has 0 aliphatic rings. The number of esters is 10. The van der Waals surface area contributed by atoms with E-state index in [2.05, 4.69) is 76.7 Å². The normalized spacial score (nSPS) is 11.4. The van der Waals surface area contributed by atoms with Crippen molar-refractivity contribution in [1.29, 1.82) is 0 Å². The second kappa shape index (κ2) is 40.0. The lowest BCUT2D eigenvalue weighted by molar-refractivity contribution is -0.259. The van der Waals surface area contributed by atoms with Gasteiger partial charge in [0.1, 0.15) is 44.0 Å². The summed E-state index contributed by atoms with van der Waals surface area (Å²) in [6, 6.07) is 0. The summed E-state index contributed by atoms with van der Waals surface area (Å²) in [5, 5.41) is 0. The Balaban J connectivity index is 0. The summed E-state index contributed by atoms with van der Waals surface area (Å²) in [5.74, 6) is -19.6. The number of hydrogen-bond donors (Lipinski definition) is 2. The van der Waals surface area contributed by atoms with E-state index < -0.39 is 126 Å². The first-order valence-corrected chi connectivity index (χ1v) is 25.8. The molecule has 474 valence electrons. The minimum absolute atomic E-state index is 0.133. The van der Waals surface area contributed by atoms with Crippen molar-refractivity contribution in [3.63, 3.8) is 0 Å². The van der Waals surface area contributed by atoms with Crippen molar-refractivity contribution in [2.75, 3.05) is 46.1 Å². The quantitative estimate of drug-likeness (QED) is 0.0209. The molecule has 0 bridgehead atoms. The highest BCUT2D eigenvalue weighted by Crippen LogP contribution is 2.31. The van der Waals surface area contributed by atoms with Crippen LogP contribution in [-0.2, 0) is 119 Å². The molecule has 2 atom stereocenters. The highest BCUT2D eigenvalue weighted by Gasteiger charge is 2.51. The zero-order valence-electron chi connectivity index (χ0n) is 49.8. The zero-order chi connectivity index (χ0) is 66.5. The first-order valence-electron chi connectivity index (χ1n) is 25.8. The second-order valence-electron chi connectivity index (χ2n) is 19.4. The standard InChI is InChI=1S/C33H50N2O12.C26H28O13/c1-20(2)27(36)42-15-25(16-43-28(37)21(3)4)31(40)46-34-13-12-24(9)14-33(10,11)19-35-47-32(41)26(17-44-29(38)22(5)6)18-45-30(39)23(7)8;1-8-19(28)34-16-25(36-21(30)10-3,37-22(31)11-4)14-18(27)15-26(38-23(32)12-5,39-24(33)13-6)17(7)35-20(29)9-2/h24-26,34-35H,1,3,5,7,12-19H2,2,4,6,8-11H3;8-13,17H,1-6,14-16H2,7H3. The van der Waals surface area contributed by atoms with E-state index in [4.69, 9.17) is 57.0 Å². The number of ketones is 1. The number of Topliss-reactive ketones (excluding diaryl/α,β-unsaturated/α-hetero) is 1. The van der Waals surface area contributed by atoms with E-state index in [1.165, 1.54) is 27.7 Å². The first-order chi connectivity index (χ1) is 40.0. The van der Waals surface area contributed by atoms with E-state index in [0.717, 1.165) is 19.1 Å². The van der Waals surface area contributed by atoms with E-state index in [0.29, 0.717) is 43.7 Å². The third-order valence-electron chi connectivity index (χ3n) is 10.6. The lowest BCUT2D eigenvalue weighted by atomic mass is 9.82. The molecule has 0 aliphatic carbocycles. The predicted molar refractivity (Wildman–Crippen MR) is 302 cm³/mol. The molecule has 27 heteroatoms. The summed E-state index contributed by atoms with van der Waals surface area (Å²) in [4.78, 5) is 168. The lowest BCUT2D eigenvalue weighted by Crippen LogP contribution is -2.53. The Morgan fingerprint density at radius 2 is 0.814 bits per heavy atom. The van der Waals surface area contributed by atoms with Crippen LogP contribution in [0, 0.1) is 23.2 Å². The molecule has 0 aromatic rings. The Hall–Kier alpha value is -9.37. The van der Waals surface area contributed by atoms with Crippen LogP contribution in [0.5, 0.6) is 0 Å². The highest BCUT2D eigenvalue weighted by atomic mass is 16.8. The number of hydrogen-bond acceptors (Lipinski definition) is 27. The smallest absolute Gasteiger partial charge is 0.334 e. The predicted octanol–water partition coefficient (Wildman–Crippen LogP) is 4.73. The van der Waals surface area contributed by atoms with Crippen LogP contribution >= 0.6 is 0 Å². The topological polar surface area (TPSA) is 357 Å². The summed E-state index contributed by atoms with van der Waals surface area (Å²) in [7, 11) is 0. The highest BCUT2D eigenvalue weighted by molar-refractivity contribution is 5.91. The molecule has 0 aromatic heterocycles. The third kappa shape index (κ3) is 32.5. The number of carbonyl (C=O) groups is 13. The molecular formula is C59H78N2O25. The van der Waals surface area contributed by atoms with Crippen molar-refractivity contribution in [3.8, 4) is 0 Å². The van der Waals surface area contributed by atoms with Crippen molar-refractivity contribution in [3.05, 3.63) is 125 Å². The van der Waals surface area contributed by atoms with Crippen molar-refractivity contribution < 1.29 is 119 Å².